The van der Waals surface area contributed by atoms with E-state index in [0.29, 0.717) is 0 Å². The first kappa shape index (κ1) is 6.88. The van der Waals surface area contributed by atoms with Crippen LogP contribution in [0.1, 0.15) is 6.92 Å². The summed E-state index contributed by atoms with van der Waals surface area (Å²) in [5.41, 5.74) is 0. The van der Waals surface area contributed by atoms with Gasteiger partial charge in [0, 0.05) is 0 Å². The highest BCUT2D eigenvalue weighted by atomic mass is 16.4. The molecule has 1 radical (unpaired) electrons. The zero-order valence-electron chi connectivity index (χ0n) is 4.13. The highest BCUT2D eigenvalue weighted by Gasteiger charge is 2.08. The van der Waals surface area contributed by atoms with Gasteiger partial charge >= 0.3 is 0 Å². The second kappa shape index (κ2) is 2.96. The van der Waals surface area contributed by atoms with Crippen molar-refractivity contribution in [2.45, 2.75) is 13.0 Å². The number of hydrogen-bond donors (Lipinski definition) is 3. The Morgan fingerprint density at radius 3 is 2.14 bits per heavy atom. The Kier molecular flexibility index (Phi) is 2.91. The molecule has 1 atom stereocenters. The standard InChI is InChI=1S/C4H9O3/c1-3(6)4(7)2-5/h3,5-7H,2H2,1H3. The maximum atomic E-state index is 8.37. The molecule has 0 aliphatic rings. The zero-order valence-corrected chi connectivity index (χ0v) is 4.13. The van der Waals surface area contributed by atoms with Gasteiger partial charge in [-0.1, -0.05) is 0 Å². The van der Waals surface area contributed by atoms with Crippen LogP contribution in [0.3, 0.4) is 0 Å². The molecule has 3 nitrogen and oxygen atoms in total. The number of aliphatic hydroxyl groups is 3. The van der Waals surface area contributed by atoms with Gasteiger partial charge in [0.1, 0.15) is 6.10 Å². The topological polar surface area (TPSA) is 60.7 Å². The molecule has 7 heavy (non-hydrogen) atoms. The Bertz CT molecular complexity index is 44.2. The zero-order chi connectivity index (χ0) is 5.86. The highest BCUT2D eigenvalue weighted by molar-refractivity contribution is 4.79. The van der Waals surface area contributed by atoms with Crippen molar-refractivity contribution in [3.8, 4) is 0 Å². The third kappa shape index (κ3) is 2.56. The summed E-state index contributed by atoms with van der Waals surface area (Å²) in [6.07, 6.45) is -1.20. The Morgan fingerprint density at radius 1 is 1.71 bits per heavy atom. The monoisotopic (exact) mass is 105 g/mol. The van der Waals surface area contributed by atoms with Crippen LogP contribution in [0.5, 0.6) is 0 Å². The van der Waals surface area contributed by atoms with Crippen molar-refractivity contribution in [3.63, 3.8) is 0 Å². The van der Waals surface area contributed by atoms with E-state index in [-0.39, 0.29) is 6.10 Å². The van der Waals surface area contributed by atoms with E-state index in [0.717, 1.165) is 0 Å². The summed E-state index contributed by atoms with van der Waals surface area (Å²) in [7, 11) is 0. The number of rotatable bonds is 2. The van der Waals surface area contributed by atoms with Crippen LogP contribution in [0.15, 0.2) is 0 Å². The van der Waals surface area contributed by atoms with Crippen LogP contribution in [0, 0.1) is 6.10 Å². The fourth-order valence-electron chi connectivity index (χ4n) is 0.132. The van der Waals surface area contributed by atoms with Crippen LogP contribution in [-0.4, -0.2) is 28.0 Å². The molecule has 0 saturated carbocycles. The van der Waals surface area contributed by atoms with Gasteiger partial charge < -0.3 is 15.3 Å². The third-order valence-electron chi connectivity index (χ3n) is 0.644. The molecule has 0 bridgehead atoms. The van der Waals surface area contributed by atoms with Crippen molar-refractivity contribution in [2.24, 2.45) is 0 Å². The minimum absolute atomic E-state index is 0.292. The van der Waals surface area contributed by atoms with Gasteiger partial charge in [-0.25, -0.2) is 0 Å². The normalized spacial score (nSPS) is 15.0. The molecule has 0 fully saturated rings. The van der Waals surface area contributed by atoms with Gasteiger partial charge in [-0.2, -0.15) is 0 Å². The number of hydrogen-bond acceptors (Lipinski definition) is 3. The lowest BCUT2D eigenvalue weighted by Crippen LogP contribution is -2.16. The molecular formula is C4H9O3. The molecular weight excluding hydrogens is 96.0 g/mol. The molecule has 0 heterocycles. The maximum Gasteiger partial charge on any atom is 0.146 e. The van der Waals surface area contributed by atoms with E-state index in [4.69, 9.17) is 15.3 Å². The molecule has 0 spiro atoms. The lowest BCUT2D eigenvalue weighted by Gasteiger charge is -2.06. The van der Waals surface area contributed by atoms with E-state index in [9.17, 15) is 0 Å². The lowest BCUT2D eigenvalue weighted by atomic mass is 10.2. The summed E-state index contributed by atoms with van der Waals surface area (Å²) in [4.78, 5) is 0. The fourth-order valence-corrected chi connectivity index (χ4v) is 0.132. The molecule has 43 valence electrons. The fraction of sp³-hybridized carbons (Fsp3) is 0.750. The predicted molar refractivity (Wildman–Crippen MR) is 23.9 cm³/mol. The Balaban J connectivity index is 3.14. The van der Waals surface area contributed by atoms with Crippen LogP contribution in [0.2, 0.25) is 0 Å². The van der Waals surface area contributed by atoms with Crippen molar-refractivity contribution in [3.05, 3.63) is 6.10 Å². The van der Waals surface area contributed by atoms with Crippen LogP contribution >= 0.6 is 0 Å². The van der Waals surface area contributed by atoms with E-state index in [1.807, 2.05) is 0 Å². The maximum absolute atomic E-state index is 8.37. The van der Waals surface area contributed by atoms with E-state index in [1.54, 1.807) is 0 Å². The van der Waals surface area contributed by atoms with Crippen LogP contribution in [-0.2, 0) is 0 Å². The van der Waals surface area contributed by atoms with Crippen LogP contribution in [0.25, 0.3) is 0 Å². The lowest BCUT2D eigenvalue weighted by molar-refractivity contribution is 0.0740. The Morgan fingerprint density at radius 2 is 2.14 bits per heavy atom. The van der Waals surface area contributed by atoms with E-state index in [1.165, 1.54) is 6.92 Å². The summed E-state index contributed by atoms with van der Waals surface area (Å²) < 4.78 is 0. The van der Waals surface area contributed by atoms with Gasteiger partial charge in [-0.15, -0.1) is 0 Å². The average Bonchev–Trinajstić information content (AvgIpc) is 1.65. The van der Waals surface area contributed by atoms with Gasteiger partial charge in [0.05, 0.1) is 12.7 Å². The van der Waals surface area contributed by atoms with Crippen LogP contribution in [0.4, 0.5) is 0 Å². The first-order valence-electron chi connectivity index (χ1n) is 2.02. The van der Waals surface area contributed by atoms with E-state index >= 15 is 0 Å². The first-order chi connectivity index (χ1) is 3.18. The van der Waals surface area contributed by atoms with Gasteiger partial charge in [0.25, 0.3) is 0 Å². The summed E-state index contributed by atoms with van der Waals surface area (Å²) >= 11 is 0. The molecule has 3 heteroatoms. The molecule has 0 aromatic carbocycles. The first-order valence-corrected chi connectivity index (χ1v) is 2.02. The second-order valence-corrected chi connectivity index (χ2v) is 1.33. The largest absolute Gasteiger partial charge is 0.393 e. The third-order valence-corrected chi connectivity index (χ3v) is 0.644. The van der Waals surface area contributed by atoms with Crippen molar-refractivity contribution >= 4 is 0 Å². The van der Waals surface area contributed by atoms with Gasteiger partial charge in [-0.05, 0) is 6.92 Å². The van der Waals surface area contributed by atoms with Gasteiger partial charge in [0.2, 0.25) is 0 Å². The smallest absolute Gasteiger partial charge is 0.146 e. The van der Waals surface area contributed by atoms with Crippen LogP contribution < -0.4 is 0 Å². The minimum Gasteiger partial charge on any atom is -0.393 e. The molecule has 0 rings (SSSR count). The molecule has 0 aliphatic carbocycles. The van der Waals surface area contributed by atoms with Crippen molar-refractivity contribution in [1.29, 1.82) is 0 Å². The molecule has 0 aliphatic heterocycles. The molecule has 1 unspecified atom stereocenters. The molecule has 0 amide bonds. The second-order valence-electron chi connectivity index (χ2n) is 1.33. The minimum atomic E-state index is -0.912. The SMILES string of the molecule is CC(O)[C](O)CO. The van der Waals surface area contributed by atoms with Gasteiger partial charge in [-0.3, -0.25) is 0 Å². The quantitative estimate of drug-likeness (QED) is 0.433. The van der Waals surface area contributed by atoms with E-state index < -0.39 is 12.7 Å². The number of aliphatic hydroxyl groups excluding tert-OH is 3. The summed E-state index contributed by atoms with van der Waals surface area (Å²) in [6, 6.07) is 0. The molecule has 0 aromatic rings. The van der Waals surface area contributed by atoms with Gasteiger partial charge in [0.15, 0.2) is 0 Å². The Labute approximate surface area is 42.2 Å². The average molecular weight is 105 g/mol. The molecule has 0 saturated heterocycles. The summed E-state index contributed by atoms with van der Waals surface area (Å²) in [5.74, 6) is 0. The molecule has 0 aromatic heterocycles. The summed E-state index contributed by atoms with van der Waals surface area (Å²) in [6.45, 7) is 0.920. The van der Waals surface area contributed by atoms with Crippen molar-refractivity contribution in [2.75, 3.05) is 6.61 Å². The van der Waals surface area contributed by atoms with Crippen molar-refractivity contribution in [1.82, 2.24) is 0 Å². The van der Waals surface area contributed by atoms with Crippen molar-refractivity contribution < 1.29 is 15.3 Å². The Hall–Kier alpha value is -0.120. The molecule has 3 N–H and O–H groups in total. The summed E-state index contributed by atoms with van der Waals surface area (Å²) in [5, 5.41) is 24.8. The van der Waals surface area contributed by atoms with E-state index in [2.05, 4.69) is 0 Å². The highest BCUT2D eigenvalue weighted by Crippen LogP contribution is 1.96. The predicted octanol–water partition coefficient (Wildman–Crippen LogP) is -0.736.